The van der Waals surface area contributed by atoms with Gasteiger partial charge in [-0.1, -0.05) is 24.3 Å². The van der Waals surface area contributed by atoms with Gasteiger partial charge in [0.1, 0.15) is 5.75 Å². The number of hydrogen-bond acceptors (Lipinski definition) is 3. The maximum Gasteiger partial charge on any atom is 0.198 e. The van der Waals surface area contributed by atoms with Crippen LogP contribution in [0.3, 0.4) is 0 Å². The lowest BCUT2D eigenvalue weighted by atomic mass is 9.88. The summed E-state index contributed by atoms with van der Waals surface area (Å²) in [7, 11) is 0. The first-order valence-corrected chi connectivity index (χ1v) is 8.32. The number of nitrogens with two attached hydrogens (primary N) is 1. The summed E-state index contributed by atoms with van der Waals surface area (Å²) in [5.41, 5.74) is 6.51. The summed E-state index contributed by atoms with van der Waals surface area (Å²) in [6.07, 6.45) is 2.75. The van der Waals surface area contributed by atoms with Crippen LogP contribution < -0.4 is 15.8 Å². The molecule has 2 aromatic carbocycles. The summed E-state index contributed by atoms with van der Waals surface area (Å²) >= 11 is 0. The van der Waals surface area contributed by atoms with E-state index in [4.69, 9.17) is 10.5 Å². The van der Waals surface area contributed by atoms with Crippen LogP contribution in [-0.4, -0.2) is 13.1 Å². The molecule has 0 radical (unpaired) electrons. The second kappa shape index (κ2) is 7.73. The highest BCUT2D eigenvalue weighted by Crippen LogP contribution is 2.34. The molecular formula is C19H22F2N2O. The Kier molecular flexibility index (Phi) is 5.43. The molecule has 2 aromatic rings. The fraction of sp³-hybridized carbons (Fsp3) is 0.368. The van der Waals surface area contributed by atoms with Gasteiger partial charge in [-0.2, -0.15) is 0 Å². The van der Waals surface area contributed by atoms with Crippen molar-refractivity contribution in [3.05, 3.63) is 59.7 Å². The van der Waals surface area contributed by atoms with Crippen molar-refractivity contribution < 1.29 is 13.5 Å². The molecule has 3 nitrogen and oxygen atoms in total. The average molecular weight is 332 g/mol. The van der Waals surface area contributed by atoms with E-state index in [1.807, 2.05) is 6.07 Å². The lowest BCUT2D eigenvalue weighted by Crippen LogP contribution is -2.29. The van der Waals surface area contributed by atoms with Crippen molar-refractivity contribution in [2.24, 2.45) is 11.7 Å². The number of para-hydroxylation sites is 1. The normalized spacial score (nSPS) is 16.8. The summed E-state index contributed by atoms with van der Waals surface area (Å²) in [6, 6.07) is 10.8. The number of hydrogen-bond donors (Lipinski definition) is 2. The smallest absolute Gasteiger partial charge is 0.198 e. The molecule has 1 heterocycles. The molecule has 1 unspecified atom stereocenters. The minimum absolute atomic E-state index is 0.306. The molecule has 0 aromatic heterocycles. The fourth-order valence-electron chi connectivity index (χ4n) is 3.14. The Hall–Kier alpha value is -1.98. The Morgan fingerprint density at radius 3 is 2.50 bits per heavy atom. The molecule has 3 N–H and O–H groups in total. The van der Waals surface area contributed by atoms with Crippen LogP contribution in [0.15, 0.2) is 42.5 Å². The minimum atomic E-state index is -0.728. The number of piperidine rings is 1. The molecule has 1 aliphatic heterocycles. The third kappa shape index (κ3) is 3.91. The van der Waals surface area contributed by atoms with Crippen molar-refractivity contribution in [1.29, 1.82) is 0 Å². The summed E-state index contributed by atoms with van der Waals surface area (Å²) in [6.45, 7) is 1.93. The summed E-state index contributed by atoms with van der Waals surface area (Å²) in [5, 5.41) is 3.30. The van der Waals surface area contributed by atoms with Crippen LogP contribution in [0.1, 0.15) is 30.9 Å². The zero-order valence-electron chi connectivity index (χ0n) is 13.5. The second-order valence-corrected chi connectivity index (χ2v) is 6.23. The molecule has 5 heteroatoms. The van der Waals surface area contributed by atoms with Gasteiger partial charge in [0, 0.05) is 11.6 Å². The minimum Gasteiger partial charge on any atom is -0.451 e. The van der Waals surface area contributed by atoms with Crippen LogP contribution in [0.4, 0.5) is 8.78 Å². The lowest BCUT2D eigenvalue weighted by Gasteiger charge is -2.26. The molecule has 0 amide bonds. The van der Waals surface area contributed by atoms with Gasteiger partial charge >= 0.3 is 0 Å². The highest BCUT2D eigenvalue weighted by atomic mass is 19.1. The van der Waals surface area contributed by atoms with Gasteiger partial charge in [0.05, 0.1) is 0 Å². The standard InChI is InChI=1S/C19H22F2N2O/c20-16-7-6-15(17(22)12-13-8-10-23-11-9-13)18(21)19(16)24-14-4-2-1-3-5-14/h1-7,13,17,23H,8-12,22H2. The van der Waals surface area contributed by atoms with E-state index < -0.39 is 17.7 Å². The Morgan fingerprint density at radius 2 is 1.79 bits per heavy atom. The van der Waals surface area contributed by atoms with Crippen molar-refractivity contribution in [1.82, 2.24) is 5.32 Å². The number of benzene rings is 2. The van der Waals surface area contributed by atoms with Crippen molar-refractivity contribution in [2.45, 2.75) is 25.3 Å². The van der Waals surface area contributed by atoms with E-state index in [1.54, 1.807) is 24.3 Å². The Bertz CT molecular complexity index is 673. The van der Waals surface area contributed by atoms with Crippen LogP contribution in [0, 0.1) is 17.6 Å². The molecular weight excluding hydrogens is 310 g/mol. The molecule has 24 heavy (non-hydrogen) atoms. The van der Waals surface area contributed by atoms with Crippen LogP contribution >= 0.6 is 0 Å². The highest BCUT2D eigenvalue weighted by molar-refractivity contribution is 5.38. The molecule has 1 fully saturated rings. The Labute approximate surface area is 140 Å². The van der Waals surface area contributed by atoms with Gasteiger partial charge in [0.25, 0.3) is 0 Å². The van der Waals surface area contributed by atoms with E-state index in [-0.39, 0.29) is 5.75 Å². The fourth-order valence-corrected chi connectivity index (χ4v) is 3.14. The number of nitrogens with one attached hydrogen (secondary N) is 1. The van der Waals surface area contributed by atoms with E-state index in [1.165, 1.54) is 12.1 Å². The first kappa shape index (κ1) is 16.9. The molecule has 0 bridgehead atoms. The van der Waals surface area contributed by atoms with Gasteiger partial charge in [-0.3, -0.25) is 0 Å². The van der Waals surface area contributed by atoms with E-state index in [0.717, 1.165) is 25.9 Å². The first-order valence-electron chi connectivity index (χ1n) is 8.32. The quantitative estimate of drug-likeness (QED) is 0.865. The largest absolute Gasteiger partial charge is 0.451 e. The van der Waals surface area contributed by atoms with Gasteiger partial charge < -0.3 is 15.8 Å². The van der Waals surface area contributed by atoms with Crippen LogP contribution in [0.25, 0.3) is 0 Å². The predicted octanol–water partition coefficient (Wildman–Crippen LogP) is 4.15. The van der Waals surface area contributed by atoms with E-state index in [2.05, 4.69) is 5.32 Å². The summed E-state index contributed by atoms with van der Waals surface area (Å²) in [5.74, 6) is -0.975. The molecule has 128 valence electrons. The maximum atomic E-state index is 14.8. The number of halogens is 2. The van der Waals surface area contributed by atoms with Crippen LogP contribution in [0.2, 0.25) is 0 Å². The molecule has 0 aliphatic carbocycles. The Morgan fingerprint density at radius 1 is 1.08 bits per heavy atom. The van der Waals surface area contributed by atoms with Crippen molar-refractivity contribution in [2.75, 3.05) is 13.1 Å². The van der Waals surface area contributed by atoms with Gasteiger partial charge in [0.15, 0.2) is 17.4 Å². The van der Waals surface area contributed by atoms with Crippen molar-refractivity contribution in [3.63, 3.8) is 0 Å². The van der Waals surface area contributed by atoms with Crippen LogP contribution in [-0.2, 0) is 0 Å². The molecule has 1 atom stereocenters. The lowest BCUT2D eigenvalue weighted by molar-refractivity contribution is 0.328. The summed E-state index contributed by atoms with van der Waals surface area (Å²) < 4.78 is 34.2. The molecule has 0 saturated carbocycles. The molecule has 1 aliphatic rings. The van der Waals surface area contributed by atoms with Gasteiger partial charge in [0.2, 0.25) is 0 Å². The van der Waals surface area contributed by atoms with Gasteiger partial charge in [-0.15, -0.1) is 0 Å². The maximum absolute atomic E-state index is 14.8. The van der Waals surface area contributed by atoms with E-state index in [0.29, 0.717) is 23.7 Å². The van der Waals surface area contributed by atoms with E-state index in [9.17, 15) is 8.78 Å². The van der Waals surface area contributed by atoms with Crippen molar-refractivity contribution in [3.8, 4) is 11.5 Å². The zero-order valence-corrected chi connectivity index (χ0v) is 13.5. The molecule has 1 saturated heterocycles. The third-order valence-corrected chi connectivity index (χ3v) is 4.49. The summed E-state index contributed by atoms with van der Waals surface area (Å²) in [4.78, 5) is 0. The Balaban J connectivity index is 1.79. The van der Waals surface area contributed by atoms with E-state index >= 15 is 0 Å². The molecule has 0 spiro atoms. The zero-order chi connectivity index (χ0) is 16.9. The second-order valence-electron chi connectivity index (χ2n) is 6.23. The number of rotatable bonds is 5. The van der Waals surface area contributed by atoms with Crippen molar-refractivity contribution >= 4 is 0 Å². The number of ether oxygens (including phenoxy) is 1. The highest BCUT2D eigenvalue weighted by Gasteiger charge is 2.23. The molecule has 3 rings (SSSR count). The average Bonchev–Trinajstić information content (AvgIpc) is 2.60. The monoisotopic (exact) mass is 332 g/mol. The van der Waals surface area contributed by atoms with Gasteiger partial charge in [-0.05, 0) is 56.5 Å². The topological polar surface area (TPSA) is 47.3 Å². The SMILES string of the molecule is NC(CC1CCNCC1)c1ccc(F)c(Oc2ccccc2)c1F. The van der Waals surface area contributed by atoms with Crippen LogP contribution in [0.5, 0.6) is 11.5 Å². The van der Waals surface area contributed by atoms with Gasteiger partial charge in [-0.25, -0.2) is 8.78 Å². The third-order valence-electron chi connectivity index (χ3n) is 4.49. The first-order chi connectivity index (χ1) is 11.6. The predicted molar refractivity (Wildman–Crippen MR) is 90.0 cm³/mol.